The van der Waals surface area contributed by atoms with Gasteiger partial charge in [0.25, 0.3) is 0 Å². The molecule has 0 aliphatic rings. The van der Waals surface area contributed by atoms with Gasteiger partial charge in [-0.05, 0) is 32.8 Å². The highest BCUT2D eigenvalue weighted by atomic mass is 19.2. The zero-order valence-corrected chi connectivity index (χ0v) is 14.4. The van der Waals surface area contributed by atoms with E-state index in [0.29, 0.717) is 0 Å². The van der Waals surface area contributed by atoms with Crippen molar-refractivity contribution >= 4 is 5.97 Å². The van der Waals surface area contributed by atoms with Gasteiger partial charge in [0.1, 0.15) is 11.7 Å². The second-order valence-electron chi connectivity index (χ2n) is 5.88. The van der Waals surface area contributed by atoms with Crippen LogP contribution in [0.1, 0.15) is 63.2 Å². The van der Waals surface area contributed by atoms with Gasteiger partial charge in [0.15, 0.2) is 23.3 Å². The number of ether oxygens (including phenoxy) is 1. The molecule has 0 aliphatic heterocycles. The van der Waals surface area contributed by atoms with Gasteiger partial charge in [0.2, 0.25) is 5.82 Å². The third-order valence-electron chi connectivity index (χ3n) is 3.65. The number of carbonyl (C=O) groups excluding carboxylic acids is 1. The lowest BCUT2D eigenvalue weighted by Gasteiger charge is -2.13. The highest BCUT2D eigenvalue weighted by molar-refractivity contribution is 5.90. The molecule has 2 nitrogen and oxygen atoms in total. The molecule has 0 radical (unpaired) electrons. The van der Waals surface area contributed by atoms with Gasteiger partial charge in [-0.1, -0.05) is 31.8 Å². The second-order valence-corrected chi connectivity index (χ2v) is 5.88. The Morgan fingerprint density at radius 1 is 0.960 bits per heavy atom. The predicted octanol–water partition coefficient (Wildman–Crippen LogP) is 5.84. The highest BCUT2D eigenvalue weighted by Crippen LogP contribution is 2.24. The number of hydrogen-bond acceptors (Lipinski definition) is 2. The van der Waals surface area contributed by atoms with Crippen LogP contribution in [-0.2, 0) is 4.74 Å². The molecular weight excluding hydrogens is 343 g/mol. The summed E-state index contributed by atoms with van der Waals surface area (Å²) in [4.78, 5) is 11.8. The summed E-state index contributed by atoms with van der Waals surface area (Å²) in [5.41, 5.74) is -0.675. The molecule has 1 aromatic carbocycles. The number of hydrogen-bond donors (Lipinski definition) is 0. The van der Waals surface area contributed by atoms with E-state index in [1.165, 1.54) is 6.92 Å². The van der Waals surface area contributed by atoms with E-state index in [1.54, 1.807) is 6.08 Å². The smallest absolute Gasteiger partial charge is 0.344 e. The molecule has 1 unspecified atom stereocenters. The zero-order valence-electron chi connectivity index (χ0n) is 14.4. The van der Waals surface area contributed by atoms with Crippen molar-refractivity contribution in [2.24, 2.45) is 0 Å². The van der Waals surface area contributed by atoms with Crippen LogP contribution in [0.2, 0.25) is 0 Å². The maximum Gasteiger partial charge on any atom is 0.344 e. The van der Waals surface area contributed by atoms with E-state index in [9.17, 15) is 26.7 Å². The van der Waals surface area contributed by atoms with Crippen molar-refractivity contribution in [2.75, 3.05) is 0 Å². The predicted molar refractivity (Wildman–Crippen MR) is 83.6 cm³/mol. The van der Waals surface area contributed by atoms with Gasteiger partial charge < -0.3 is 4.74 Å². The monoisotopic (exact) mass is 364 g/mol. The molecular formula is C18H21F5O2. The number of allylic oxidation sites excluding steroid dienone is 1. The fraction of sp³-hybridized carbons (Fsp3) is 0.500. The largest absolute Gasteiger partial charge is 0.455 e. The third-order valence-corrected chi connectivity index (χ3v) is 3.65. The van der Waals surface area contributed by atoms with Crippen LogP contribution in [0.5, 0.6) is 0 Å². The van der Waals surface area contributed by atoms with Gasteiger partial charge in [-0.2, -0.15) is 0 Å². The van der Waals surface area contributed by atoms with Crippen molar-refractivity contribution in [2.45, 2.75) is 59.0 Å². The van der Waals surface area contributed by atoms with Gasteiger partial charge in [-0.3, -0.25) is 0 Å². The minimum atomic E-state index is -2.32. The van der Waals surface area contributed by atoms with E-state index in [1.807, 2.05) is 6.92 Å². The Balaban J connectivity index is 2.83. The van der Waals surface area contributed by atoms with E-state index >= 15 is 0 Å². The van der Waals surface area contributed by atoms with Crippen LogP contribution in [0.4, 0.5) is 22.0 Å². The molecule has 0 saturated carbocycles. The lowest BCUT2D eigenvalue weighted by atomic mass is 10.1. The van der Waals surface area contributed by atoms with E-state index in [2.05, 4.69) is 6.92 Å². The van der Waals surface area contributed by atoms with Crippen molar-refractivity contribution in [3.8, 4) is 0 Å². The Kier molecular flexibility index (Phi) is 8.06. The maximum atomic E-state index is 13.6. The fourth-order valence-corrected chi connectivity index (χ4v) is 2.36. The summed E-state index contributed by atoms with van der Waals surface area (Å²) in [6, 6.07) is 0. The van der Waals surface area contributed by atoms with Crippen LogP contribution in [0.15, 0.2) is 11.6 Å². The van der Waals surface area contributed by atoms with Gasteiger partial charge in [0.05, 0.1) is 0 Å². The third kappa shape index (κ3) is 5.54. The summed E-state index contributed by atoms with van der Waals surface area (Å²) in [5, 5.41) is 0. The van der Waals surface area contributed by atoms with E-state index in [-0.39, 0.29) is 0 Å². The lowest BCUT2D eigenvalue weighted by Crippen LogP contribution is -2.19. The lowest BCUT2D eigenvalue weighted by molar-refractivity contribution is 0.0408. The van der Waals surface area contributed by atoms with Crippen molar-refractivity contribution in [1.82, 2.24) is 0 Å². The molecule has 0 aliphatic carbocycles. The topological polar surface area (TPSA) is 26.3 Å². The minimum absolute atomic E-state index is 0.768. The molecule has 0 heterocycles. The van der Waals surface area contributed by atoms with Crippen molar-refractivity contribution in [3.63, 3.8) is 0 Å². The number of unbranched alkanes of at least 4 members (excludes halogenated alkanes) is 3. The van der Waals surface area contributed by atoms with Crippen LogP contribution in [0, 0.1) is 29.1 Å². The normalized spacial score (nSPS) is 13.0. The Morgan fingerprint density at radius 3 is 2.00 bits per heavy atom. The van der Waals surface area contributed by atoms with E-state index in [4.69, 9.17) is 4.74 Å². The van der Waals surface area contributed by atoms with E-state index < -0.39 is 46.7 Å². The molecule has 0 amide bonds. The van der Waals surface area contributed by atoms with Crippen LogP contribution in [-0.4, -0.2) is 12.1 Å². The van der Waals surface area contributed by atoms with Crippen molar-refractivity contribution in [3.05, 3.63) is 46.3 Å². The molecule has 1 aromatic rings. The first-order valence-corrected chi connectivity index (χ1v) is 8.10. The van der Waals surface area contributed by atoms with Gasteiger partial charge in [-0.25, -0.2) is 26.7 Å². The first kappa shape index (κ1) is 21.1. The molecule has 0 saturated heterocycles. The number of halogens is 5. The quantitative estimate of drug-likeness (QED) is 0.145. The van der Waals surface area contributed by atoms with Crippen LogP contribution < -0.4 is 0 Å². The Bertz CT molecular complexity index is 626. The summed E-state index contributed by atoms with van der Waals surface area (Å²) in [5.74, 6) is -12.7. The summed E-state index contributed by atoms with van der Waals surface area (Å²) in [6.07, 6.45) is 5.69. The first-order valence-electron chi connectivity index (χ1n) is 8.10. The average molecular weight is 364 g/mol. The van der Waals surface area contributed by atoms with Crippen LogP contribution >= 0.6 is 0 Å². The SMILES string of the molecule is CCCCCC/C(C)=C/C(C)OC(=O)c1c(F)c(F)c(F)c(F)c1F. The number of carbonyl (C=O) groups is 1. The molecule has 0 fully saturated rings. The minimum Gasteiger partial charge on any atom is -0.455 e. The molecule has 25 heavy (non-hydrogen) atoms. The first-order chi connectivity index (χ1) is 11.7. The highest BCUT2D eigenvalue weighted by Gasteiger charge is 2.31. The average Bonchev–Trinajstić information content (AvgIpc) is 2.55. The molecule has 0 aromatic heterocycles. The van der Waals surface area contributed by atoms with Crippen molar-refractivity contribution < 1.29 is 31.5 Å². The number of benzene rings is 1. The molecule has 0 N–H and O–H groups in total. The fourth-order valence-electron chi connectivity index (χ4n) is 2.36. The summed E-state index contributed by atoms with van der Waals surface area (Å²) in [7, 11) is 0. The molecule has 1 rings (SSSR count). The summed E-state index contributed by atoms with van der Waals surface area (Å²) in [6.45, 7) is 5.35. The van der Waals surface area contributed by atoms with Gasteiger partial charge >= 0.3 is 5.97 Å². The zero-order chi connectivity index (χ0) is 19.1. The number of esters is 1. The summed E-state index contributed by atoms with van der Waals surface area (Å²) < 4.78 is 71.2. The second kappa shape index (κ2) is 9.53. The molecule has 0 bridgehead atoms. The molecule has 7 heteroatoms. The Hall–Kier alpha value is -1.92. The molecule has 140 valence electrons. The standard InChI is InChI=1S/C18H21F5O2/c1-4-5-6-7-8-10(2)9-11(3)25-18(24)12-13(19)15(21)17(23)16(22)14(12)20/h9,11H,4-8H2,1-3H3/b10-9+. The molecule has 1 atom stereocenters. The van der Waals surface area contributed by atoms with Crippen LogP contribution in [0.3, 0.4) is 0 Å². The van der Waals surface area contributed by atoms with Crippen molar-refractivity contribution in [1.29, 1.82) is 0 Å². The van der Waals surface area contributed by atoms with Gasteiger partial charge in [0, 0.05) is 0 Å². The number of rotatable bonds is 8. The Labute approximate surface area is 143 Å². The summed E-state index contributed by atoms with van der Waals surface area (Å²) >= 11 is 0. The maximum absolute atomic E-state index is 13.6. The van der Waals surface area contributed by atoms with E-state index in [0.717, 1.165) is 37.7 Å². The van der Waals surface area contributed by atoms with Crippen LogP contribution in [0.25, 0.3) is 0 Å². The molecule has 0 spiro atoms. The Morgan fingerprint density at radius 2 is 1.48 bits per heavy atom. The van der Waals surface area contributed by atoms with Gasteiger partial charge in [-0.15, -0.1) is 0 Å².